The van der Waals surface area contributed by atoms with Gasteiger partial charge >= 0.3 is 0 Å². The first-order valence-electron chi connectivity index (χ1n) is 7.75. The van der Waals surface area contributed by atoms with Crippen LogP contribution in [0, 0.1) is 5.82 Å². The van der Waals surface area contributed by atoms with Crippen molar-refractivity contribution in [3.8, 4) is 0 Å². The second kappa shape index (κ2) is 7.00. The molecular formula is C16H20FN3O3S. The van der Waals surface area contributed by atoms with Crippen LogP contribution in [-0.2, 0) is 21.0 Å². The zero-order valence-corrected chi connectivity index (χ0v) is 14.2. The number of hydrogen-bond donors (Lipinski definition) is 1. The van der Waals surface area contributed by atoms with Gasteiger partial charge in [0.25, 0.3) is 0 Å². The van der Waals surface area contributed by atoms with Gasteiger partial charge in [-0.25, -0.2) is 12.8 Å². The minimum atomic E-state index is -3.35. The van der Waals surface area contributed by atoms with E-state index in [-0.39, 0.29) is 16.8 Å². The molecule has 2 aromatic rings. The van der Waals surface area contributed by atoms with Crippen LogP contribution >= 0.6 is 0 Å². The van der Waals surface area contributed by atoms with E-state index in [0.29, 0.717) is 25.5 Å². The number of nitrogens with zero attached hydrogens (tertiary/aromatic N) is 2. The summed E-state index contributed by atoms with van der Waals surface area (Å²) in [7, 11) is -3.35. The van der Waals surface area contributed by atoms with Crippen molar-refractivity contribution >= 4 is 9.84 Å². The Morgan fingerprint density at radius 2 is 2.12 bits per heavy atom. The maximum absolute atomic E-state index is 13.0. The van der Waals surface area contributed by atoms with E-state index in [2.05, 4.69) is 15.1 Å². The van der Waals surface area contributed by atoms with Gasteiger partial charge in [-0.15, -0.1) is 0 Å². The Hall–Kier alpha value is -1.77. The summed E-state index contributed by atoms with van der Waals surface area (Å²) in [5, 5.41) is 6.72. The quantitative estimate of drug-likeness (QED) is 0.883. The van der Waals surface area contributed by atoms with E-state index in [1.54, 1.807) is 12.1 Å². The molecule has 1 atom stereocenters. The summed E-state index contributed by atoms with van der Waals surface area (Å²) in [4.78, 5) is 2.39. The number of aromatic amines is 1. The predicted octanol–water partition coefficient (Wildman–Crippen LogP) is 1.57. The molecule has 0 aliphatic carbocycles. The second-order valence-corrected chi connectivity index (χ2v) is 7.91. The molecule has 1 unspecified atom stereocenters. The maximum Gasteiger partial charge on any atom is 0.178 e. The Morgan fingerprint density at radius 1 is 1.38 bits per heavy atom. The van der Waals surface area contributed by atoms with E-state index in [1.165, 1.54) is 24.6 Å². The molecule has 1 fully saturated rings. The van der Waals surface area contributed by atoms with E-state index in [1.807, 2.05) is 0 Å². The average molecular weight is 353 g/mol. The lowest BCUT2D eigenvalue weighted by Crippen LogP contribution is -2.41. The van der Waals surface area contributed by atoms with Crippen molar-refractivity contribution in [3.05, 3.63) is 47.5 Å². The fourth-order valence-corrected chi connectivity index (χ4v) is 3.74. The lowest BCUT2D eigenvalue weighted by molar-refractivity contribution is -0.0104. The van der Waals surface area contributed by atoms with Gasteiger partial charge in [-0.2, -0.15) is 5.10 Å². The number of benzene rings is 1. The molecule has 0 saturated carbocycles. The maximum atomic E-state index is 13.0. The monoisotopic (exact) mass is 353 g/mol. The van der Waals surface area contributed by atoms with Crippen molar-refractivity contribution in [2.45, 2.75) is 17.4 Å². The summed E-state index contributed by atoms with van der Waals surface area (Å²) >= 11 is 0. The van der Waals surface area contributed by atoms with Crippen LogP contribution in [0.3, 0.4) is 0 Å². The number of rotatable bonds is 5. The number of hydrogen-bond acceptors (Lipinski definition) is 5. The van der Waals surface area contributed by atoms with Gasteiger partial charge < -0.3 is 4.74 Å². The standard InChI is InChI=1S/C16H20FN3O3S/c1-24(21,22)15-10-18-19-16(15)14-11-23-9-8-20(14)7-6-12-2-4-13(17)5-3-12/h2-5,10,14H,6-9,11H2,1H3,(H,18,19). The van der Waals surface area contributed by atoms with Gasteiger partial charge in [0, 0.05) is 19.3 Å². The van der Waals surface area contributed by atoms with Gasteiger partial charge in [0.05, 0.1) is 31.1 Å². The first-order chi connectivity index (χ1) is 11.4. The molecule has 1 aromatic carbocycles. The van der Waals surface area contributed by atoms with E-state index in [4.69, 9.17) is 4.74 Å². The highest BCUT2D eigenvalue weighted by molar-refractivity contribution is 7.90. The normalized spacial score (nSPS) is 19.5. The van der Waals surface area contributed by atoms with Crippen molar-refractivity contribution < 1.29 is 17.5 Å². The first kappa shape index (κ1) is 17.1. The van der Waals surface area contributed by atoms with Crippen molar-refractivity contribution in [2.24, 2.45) is 0 Å². The van der Waals surface area contributed by atoms with Gasteiger partial charge in [0.2, 0.25) is 0 Å². The number of morpholine rings is 1. The topological polar surface area (TPSA) is 75.3 Å². The van der Waals surface area contributed by atoms with E-state index in [9.17, 15) is 12.8 Å². The average Bonchev–Trinajstić information content (AvgIpc) is 3.04. The molecule has 1 saturated heterocycles. The molecule has 0 bridgehead atoms. The zero-order chi connectivity index (χ0) is 17.2. The molecule has 130 valence electrons. The lowest BCUT2D eigenvalue weighted by Gasteiger charge is -2.35. The number of sulfone groups is 1. The Morgan fingerprint density at radius 3 is 2.83 bits per heavy atom. The van der Waals surface area contributed by atoms with Crippen molar-refractivity contribution in [1.29, 1.82) is 0 Å². The Kier molecular flexibility index (Phi) is 4.98. The molecule has 0 amide bonds. The highest BCUT2D eigenvalue weighted by atomic mass is 32.2. The summed E-state index contributed by atoms with van der Waals surface area (Å²) in [6.07, 6.45) is 3.27. The summed E-state index contributed by atoms with van der Waals surface area (Å²) in [5.74, 6) is -0.252. The molecule has 0 spiro atoms. The molecule has 6 nitrogen and oxygen atoms in total. The second-order valence-electron chi connectivity index (χ2n) is 5.92. The smallest absolute Gasteiger partial charge is 0.178 e. The van der Waals surface area contributed by atoms with Gasteiger partial charge in [-0.1, -0.05) is 12.1 Å². The zero-order valence-electron chi connectivity index (χ0n) is 13.4. The number of nitrogens with one attached hydrogen (secondary N) is 1. The number of ether oxygens (including phenoxy) is 1. The van der Waals surface area contributed by atoms with Gasteiger partial charge in [-0.3, -0.25) is 10.00 Å². The molecule has 1 aliphatic heterocycles. The van der Waals surface area contributed by atoms with Crippen molar-refractivity contribution in [1.82, 2.24) is 15.1 Å². The van der Waals surface area contributed by atoms with Crippen molar-refractivity contribution in [3.63, 3.8) is 0 Å². The minimum absolute atomic E-state index is 0.188. The fraction of sp³-hybridized carbons (Fsp3) is 0.438. The molecule has 24 heavy (non-hydrogen) atoms. The molecule has 1 aliphatic rings. The third kappa shape index (κ3) is 3.82. The minimum Gasteiger partial charge on any atom is -0.378 e. The molecule has 8 heteroatoms. The van der Waals surface area contributed by atoms with Gasteiger partial charge in [0.15, 0.2) is 9.84 Å². The fourth-order valence-electron chi connectivity index (χ4n) is 2.91. The highest BCUT2D eigenvalue weighted by Gasteiger charge is 2.30. The summed E-state index contributed by atoms with van der Waals surface area (Å²) in [6.45, 7) is 2.44. The van der Waals surface area contributed by atoms with Gasteiger partial charge in [0.1, 0.15) is 10.7 Å². The number of aromatic nitrogens is 2. The van der Waals surface area contributed by atoms with Crippen molar-refractivity contribution in [2.75, 3.05) is 32.6 Å². The van der Waals surface area contributed by atoms with Crippen LogP contribution in [0.4, 0.5) is 4.39 Å². The molecule has 1 N–H and O–H groups in total. The summed E-state index contributed by atoms with van der Waals surface area (Å²) in [5.41, 5.74) is 1.60. The third-order valence-electron chi connectivity index (χ3n) is 4.21. The third-order valence-corrected chi connectivity index (χ3v) is 5.33. The molecule has 2 heterocycles. The van der Waals surface area contributed by atoms with E-state index in [0.717, 1.165) is 18.5 Å². The molecule has 1 aromatic heterocycles. The Labute approximate surface area is 140 Å². The van der Waals surface area contributed by atoms with Crippen LogP contribution in [0.25, 0.3) is 0 Å². The SMILES string of the molecule is CS(=O)(=O)c1cn[nH]c1C1COCCN1CCc1ccc(F)cc1. The van der Waals surface area contributed by atoms with Crippen LogP contribution in [-0.4, -0.2) is 56.1 Å². The van der Waals surface area contributed by atoms with E-state index >= 15 is 0 Å². The van der Waals surface area contributed by atoms with E-state index < -0.39 is 9.84 Å². The number of H-pyrrole nitrogens is 1. The van der Waals surface area contributed by atoms with Crippen LogP contribution in [0.15, 0.2) is 35.4 Å². The van der Waals surface area contributed by atoms with Crippen LogP contribution < -0.4 is 0 Å². The predicted molar refractivity (Wildman–Crippen MR) is 86.9 cm³/mol. The number of halogens is 1. The first-order valence-corrected chi connectivity index (χ1v) is 9.64. The van der Waals surface area contributed by atoms with Crippen LogP contribution in [0.2, 0.25) is 0 Å². The summed E-state index contributed by atoms with van der Waals surface area (Å²) < 4.78 is 42.4. The summed E-state index contributed by atoms with van der Waals surface area (Å²) in [6, 6.07) is 6.24. The Balaban J connectivity index is 1.76. The molecule has 0 radical (unpaired) electrons. The van der Waals surface area contributed by atoms with Crippen LogP contribution in [0.1, 0.15) is 17.3 Å². The van der Waals surface area contributed by atoms with Crippen LogP contribution in [0.5, 0.6) is 0 Å². The molecule has 3 rings (SSSR count). The Bertz CT molecular complexity index is 789. The molecular weight excluding hydrogens is 333 g/mol. The van der Waals surface area contributed by atoms with Gasteiger partial charge in [-0.05, 0) is 24.1 Å². The highest BCUT2D eigenvalue weighted by Crippen LogP contribution is 2.27. The largest absolute Gasteiger partial charge is 0.378 e. The lowest BCUT2D eigenvalue weighted by atomic mass is 10.1.